The molecule has 4 nitrogen and oxygen atoms in total. The summed E-state index contributed by atoms with van der Waals surface area (Å²) >= 11 is 5.99. The summed E-state index contributed by atoms with van der Waals surface area (Å²) in [5.74, 6) is -1.26. The maximum atomic E-state index is 14.1. The molecule has 6 heteroatoms. The van der Waals surface area contributed by atoms with Crippen molar-refractivity contribution in [3.63, 3.8) is 0 Å². The molecule has 31 heavy (non-hydrogen) atoms. The summed E-state index contributed by atoms with van der Waals surface area (Å²) in [6.07, 6.45) is 8.64. The molecule has 0 unspecified atom stereocenters. The van der Waals surface area contributed by atoms with Gasteiger partial charge in [-0.1, -0.05) is 43.9 Å². The molecule has 0 amide bonds. The average molecular weight is 441 g/mol. The molecule has 1 saturated carbocycles. The Balaban J connectivity index is 1.85. The summed E-state index contributed by atoms with van der Waals surface area (Å²) in [4.78, 5) is 17.4. The molecule has 4 rings (SSSR count). The van der Waals surface area contributed by atoms with Crippen LogP contribution in [0, 0.1) is 5.82 Å². The fourth-order valence-electron chi connectivity index (χ4n) is 4.28. The van der Waals surface area contributed by atoms with E-state index in [0.29, 0.717) is 23.6 Å². The van der Waals surface area contributed by atoms with Crippen LogP contribution in [0.1, 0.15) is 62.2 Å². The molecule has 0 saturated heterocycles. The molecule has 0 bridgehead atoms. The molecule has 0 spiro atoms. The summed E-state index contributed by atoms with van der Waals surface area (Å²) in [5.41, 5.74) is 3.47. The van der Waals surface area contributed by atoms with Gasteiger partial charge in [0.25, 0.3) is 0 Å². The van der Waals surface area contributed by atoms with Gasteiger partial charge in [-0.05, 0) is 54.7 Å². The van der Waals surface area contributed by atoms with Crippen molar-refractivity contribution in [2.45, 2.75) is 57.9 Å². The normalized spacial score (nSPS) is 14.7. The van der Waals surface area contributed by atoms with E-state index in [-0.39, 0.29) is 10.8 Å². The molecule has 0 aliphatic heterocycles. The highest BCUT2D eigenvalue weighted by molar-refractivity contribution is 6.32. The number of nitrogens with zero attached hydrogens (tertiary/aromatic N) is 1. The van der Waals surface area contributed by atoms with Crippen LogP contribution in [0.15, 0.2) is 36.5 Å². The average Bonchev–Trinajstić information content (AvgIpc) is 2.78. The van der Waals surface area contributed by atoms with Crippen LogP contribution in [0.3, 0.4) is 0 Å². The smallest absolute Gasteiger partial charge is 0.170 e. The van der Waals surface area contributed by atoms with Gasteiger partial charge in [0.2, 0.25) is 0 Å². The number of anilines is 1. The number of aromatic nitrogens is 1. The highest BCUT2D eigenvalue weighted by Crippen LogP contribution is 2.36. The van der Waals surface area contributed by atoms with Crippen LogP contribution >= 0.6 is 11.6 Å². The second kappa shape index (κ2) is 9.23. The lowest BCUT2D eigenvalue weighted by Crippen LogP contribution is -2.24. The van der Waals surface area contributed by atoms with Crippen molar-refractivity contribution >= 4 is 34.0 Å². The Kier molecular flexibility index (Phi) is 6.42. The monoisotopic (exact) mass is 440 g/mol. The lowest BCUT2D eigenvalue weighted by atomic mass is 9.93. The zero-order valence-electron chi connectivity index (χ0n) is 17.5. The Hall–Kier alpha value is -2.66. The van der Waals surface area contributed by atoms with Crippen LogP contribution in [0.25, 0.3) is 22.0 Å². The second-order valence-corrected chi connectivity index (χ2v) is 8.63. The van der Waals surface area contributed by atoms with Crippen LogP contribution in [-0.4, -0.2) is 21.9 Å². The summed E-state index contributed by atoms with van der Waals surface area (Å²) in [6, 6.07) is 8.74. The van der Waals surface area contributed by atoms with Crippen LogP contribution in [-0.2, 0) is 0 Å². The van der Waals surface area contributed by atoms with Crippen LogP contribution < -0.4 is 5.32 Å². The van der Waals surface area contributed by atoms with Crippen molar-refractivity contribution in [3.8, 4) is 16.9 Å². The van der Waals surface area contributed by atoms with Crippen molar-refractivity contribution in [1.82, 2.24) is 4.98 Å². The number of phenolic OH excluding ortho intramolecular Hbond substituents is 1. The summed E-state index contributed by atoms with van der Waals surface area (Å²) in [6.45, 7) is 1.99. The molecular formula is C25H26ClFN2O2. The molecule has 3 aromatic rings. The van der Waals surface area contributed by atoms with Gasteiger partial charge in [0, 0.05) is 24.0 Å². The number of halogens is 2. The number of Topliss-reactive ketones (excluding diaryl/α,β-unsaturated/α-hetero) is 1. The van der Waals surface area contributed by atoms with Gasteiger partial charge in [-0.2, -0.15) is 0 Å². The first-order valence-corrected chi connectivity index (χ1v) is 11.3. The minimum Gasteiger partial charge on any atom is -0.504 e. The summed E-state index contributed by atoms with van der Waals surface area (Å²) in [7, 11) is 0. The molecule has 0 radical (unpaired) electrons. The minimum absolute atomic E-state index is 0.0411. The molecule has 0 atom stereocenters. The number of hydrogen-bond donors (Lipinski definition) is 2. The Morgan fingerprint density at radius 3 is 2.68 bits per heavy atom. The number of carbonyl (C=O) groups is 1. The third-order valence-electron chi connectivity index (χ3n) is 5.95. The number of fused-ring (bicyclic) bond motifs is 1. The van der Waals surface area contributed by atoms with Crippen molar-refractivity contribution in [1.29, 1.82) is 0 Å². The Morgan fingerprint density at radius 2 is 1.97 bits per heavy atom. The first kappa shape index (κ1) is 21.6. The third kappa shape index (κ3) is 4.52. The lowest BCUT2D eigenvalue weighted by Gasteiger charge is -2.26. The standard InChI is InChI=1S/C25H26ClFN2O2/c1-2-6-23(30)19-14-28-22-10-9-15(16-12-20(26)25(31)21(27)13-16)11-18(22)24(19)29-17-7-4-3-5-8-17/h9-14,17,31H,2-8H2,1H3,(H,28,29). The zero-order chi connectivity index (χ0) is 22.0. The van der Waals surface area contributed by atoms with Crippen molar-refractivity contribution in [2.75, 3.05) is 5.32 Å². The highest BCUT2D eigenvalue weighted by Gasteiger charge is 2.20. The van der Waals surface area contributed by atoms with E-state index in [4.69, 9.17) is 11.6 Å². The number of nitrogens with one attached hydrogen (secondary N) is 1. The first-order valence-electron chi connectivity index (χ1n) is 10.9. The van der Waals surface area contributed by atoms with E-state index >= 15 is 0 Å². The van der Waals surface area contributed by atoms with Gasteiger partial charge < -0.3 is 10.4 Å². The number of pyridine rings is 1. The quantitative estimate of drug-likeness (QED) is 0.400. The van der Waals surface area contributed by atoms with Crippen LogP contribution in [0.4, 0.5) is 10.1 Å². The minimum atomic E-state index is -0.770. The topological polar surface area (TPSA) is 62.2 Å². The van der Waals surface area contributed by atoms with E-state index in [0.717, 1.165) is 41.4 Å². The molecule has 1 aliphatic carbocycles. The van der Waals surface area contributed by atoms with E-state index in [1.54, 1.807) is 6.20 Å². The van der Waals surface area contributed by atoms with Crippen LogP contribution in [0.5, 0.6) is 5.75 Å². The van der Waals surface area contributed by atoms with Gasteiger partial charge in [0.15, 0.2) is 17.3 Å². The summed E-state index contributed by atoms with van der Waals surface area (Å²) < 4.78 is 14.1. The SMILES string of the molecule is CCCC(=O)c1cnc2ccc(-c3cc(F)c(O)c(Cl)c3)cc2c1NC1CCCCC1. The van der Waals surface area contributed by atoms with E-state index in [9.17, 15) is 14.3 Å². The number of aromatic hydroxyl groups is 1. The van der Waals surface area contributed by atoms with Crippen molar-refractivity contribution in [3.05, 3.63) is 52.9 Å². The van der Waals surface area contributed by atoms with Gasteiger partial charge in [-0.25, -0.2) is 4.39 Å². The molecule has 162 valence electrons. The summed E-state index contributed by atoms with van der Waals surface area (Å²) in [5, 5.41) is 14.1. The number of benzene rings is 2. The molecule has 1 aromatic heterocycles. The van der Waals surface area contributed by atoms with Crippen LogP contribution in [0.2, 0.25) is 5.02 Å². The predicted octanol–water partition coefficient (Wildman–Crippen LogP) is 7.13. The third-order valence-corrected chi connectivity index (χ3v) is 6.24. The molecule has 2 N–H and O–H groups in total. The Bertz CT molecular complexity index is 1100. The maximum Gasteiger partial charge on any atom is 0.170 e. The van der Waals surface area contributed by atoms with E-state index in [1.165, 1.54) is 31.4 Å². The second-order valence-electron chi connectivity index (χ2n) is 8.22. The van der Waals surface area contributed by atoms with E-state index in [1.807, 2.05) is 25.1 Å². The molecule has 1 fully saturated rings. The highest BCUT2D eigenvalue weighted by atomic mass is 35.5. The predicted molar refractivity (Wildman–Crippen MR) is 124 cm³/mol. The number of rotatable bonds is 6. The first-order chi connectivity index (χ1) is 15.0. The molecular weight excluding hydrogens is 415 g/mol. The maximum absolute atomic E-state index is 14.1. The lowest BCUT2D eigenvalue weighted by molar-refractivity contribution is 0.0982. The van der Waals surface area contributed by atoms with Gasteiger partial charge >= 0.3 is 0 Å². The molecule has 1 heterocycles. The Morgan fingerprint density at radius 1 is 1.19 bits per heavy atom. The largest absolute Gasteiger partial charge is 0.504 e. The number of phenols is 1. The fourth-order valence-corrected chi connectivity index (χ4v) is 4.49. The number of ketones is 1. The molecule has 1 aliphatic rings. The van der Waals surface area contributed by atoms with Gasteiger partial charge in [0.1, 0.15) is 0 Å². The van der Waals surface area contributed by atoms with Gasteiger partial charge in [-0.3, -0.25) is 9.78 Å². The van der Waals surface area contributed by atoms with Crippen molar-refractivity contribution < 1.29 is 14.3 Å². The van der Waals surface area contributed by atoms with E-state index in [2.05, 4.69) is 10.3 Å². The Labute approximate surface area is 186 Å². The fraction of sp³-hybridized carbons (Fsp3) is 0.360. The van der Waals surface area contributed by atoms with E-state index < -0.39 is 11.6 Å². The van der Waals surface area contributed by atoms with Gasteiger partial charge in [0.05, 0.1) is 21.8 Å². The molecule has 2 aromatic carbocycles. The number of carbonyl (C=O) groups excluding carboxylic acids is 1. The zero-order valence-corrected chi connectivity index (χ0v) is 18.3. The number of hydrogen-bond acceptors (Lipinski definition) is 4. The van der Waals surface area contributed by atoms with Gasteiger partial charge in [-0.15, -0.1) is 0 Å². The van der Waals surface area contributed by atoms with Crippen molar-refractivity contribution in [2.24, 2.45) is 0 Å².